The number of halogens is 6. The molecule has 1 saturated heterocycles. The van der Waals surface area contributed by atoms with Crippen LogP contribution in [-0.2, 0) is 19.6 Å². The van der Waals surface area contributed by atoms with Crippen LogP contribution in [0.3, 0.4) is 0 Å². The van der Waals surface area contributed by atoms with Crippen molar-refractivity contribution in [3.63, 3.8) is 0 Å². The first-order valence-electron chi connectivity index (χ1n) is 7.85. The predicted molar refractivity (Wildman–Crippen MR) is 83.7 cm³/mol. The monoisotopic (exact) mass is 445 g/mol. The number of carbonyl (C=O) groups excluding carboxylic acids is 1. The van der Waals surface area contributed by atoms with Gasteiger partial charge in [0.25, 0.3) is 6.10 Å². The molecule has 1 heterocycles. The molecule has 1 aliphatic heterocycles. The average Bonchev–Trinajstić information content (AvgIpc) is 2.64. The second-order valence-corrected chi connectivity index (χ2v) is 7.76. The maximum atomic E-state index is 12.7. The quantitative estimate of drug-likeness (QED) is 0.558. The minimum Gasteiger partial charge on any atom is -0.442 e. The predicted octanol–water partition coefficient (Wildman–Crippen LogP) is 1.56. The highest BCUT2D eigenvalue weighted by molar-refractivity contribution is 7.89. The number of hydrogen-bond acceptors (Lipinski definition) is 6. The first kappa shape index (κ1) is 22.9. The van der Waals surface area contributed by atoms with Gasteiger partial charge >= 0.3 is 18.3 Å². The van der Waals surface area contributed by atoms with Gasteiger partial charge in [0.05, 0.1) is 16.5 Å². The molecule has 0 aliphatic carbocycles. The Labute approximate surface area is 160 Å². The number of sulfonamides is 1. The molecule has 0 aromatic heterocycles. The minimum absolute atomic E-state index is 0.00125. The Kier molecular flexibility index (Phi) is 6.45. The van der Waals surface area contributed by atoms with Crippen molar-refractivity contribution in [2.24, 2.45) is 0 Å². The maximum Gasteiger partial charge on any atom is 0.434 e. The van der Waals surface area contributed by atoms with Gasteiger partial charge in [-0.1, -0.05) is 0 Å². The summed E-state index contributed by atoms with van der Waals surface area (Å²) < 4.78 is 105. The normalized spacial score (nSPS) is 19.0. The van der Waals surface area contributed by atoms with Crippen molar-refractivity contribution in [2.45, 2.75) is 29.4 Å². The molecule has 1 N–H and O–H groups in total. The summed E-state index contributed by atoms with van der Waals surface area (Å²) in [5.41, 5.74) is 0.124. The minimum atomic E-state index is -5.92. The summed E-state index contributed by atoms with van der Waals surface area (Å²) in [5, 5.41) is 11.3. The number of alkyl halides is 6. The van der Waals surface area contributed by atoms with Crippen LogP contribution in [0, 0.1) is 11.3 Å². The molecular weight excluding hydrogens is 432 g/mol. The number of piperazine rings is 1. The third-order valence-electron chi connectivity index (χ3n) is 3.88. The lowest BCUT2D eigenvalue weighted by atomic mass is 10.2. The summed E-state index contributed by atoms with van der Waals surface area (Å²) in [6, 6.07) is 4.19. The lowest BCUT2D eigenvalue weighted by molar-refractivity contribution is -0.314. The van der Waals surface area contributed by atoms with Gasteiger partial charge in [0, 0.05) is 19.6 Å². The van der Waals surface area contributed by atoms with Crippen LogP contribution in [0.15, 0.2) is 29.2 Å². The molecule has 14 heteroatoms. The van der Waals surface area contributed by atoms with Gasteiger partial charge < -0.3 is 10.1 Å². The van der Waals surface area contributed by atoms with E-state index >= 15 is 0 Å². The SMILES string of the molecule is N#Cc1ccc(S(=O)(=O)N2CCNCC2C(=O)OC(C(F)(F)F)C(F)(F)F)cc1. The summed E-state index contributed by atoms with van der Waals surface area (Å²) >= 11 is 0. The fourth-order valence-corrected chi connectivity index (χ4v) is 4.10. The molecule has 1 aromatic carbocycles. The molecule has 2 rings (SSSR count). The second-order valence-electron chi connectivity index (χ2n) is 5.87. The Morgan fingerprint density at radius 1 is 1.17 bits per heavy atom. The van der Waals surface area contributed by atoms with Crippen LogP contribution < -0.4 is 5.32 Å². The molecule has 29 heavy (non-hydrogen) atoms. The summed E-state index contributed by atoms with van der Waals surface area (Å²) in [6.45, 7) is -0.942. The highest BCUT2D eigenvalue weighted by atomic mass is 32.2. The fraction of sp³-hybridized carbons (Fsp3) is 0.467. The van der Waals surface area contributed by atoms with Crippen LogP contribution in [0.2, 0.25) is 0 Å². The summed E-state index contributed by atoms with van der Waals surface area (Å²) in [7, 11) is -4.47. The van der Waals surface area contributed by atoms with Crippen molar-refractivity contribution in [2.75, 3.05) is 19.6 Å². The number of carbonyl (C=O) groups is 1. The number of nitrogens with one attached hydrogen (secondary N) is 1. The number of rotatable bonds is 4. The van der Waals surface area contributed by atoms with E-state index in [0.29, 0.717) is 4.31 Å². The van der Waals surface area contributed by atoms with Crippen molar-refractivity contribution in [3.8, 4) is 6.07 Å². The number of hydrogen-bond donors (Lipinski definition) is 1. The van der Waals surface area contributed by atoms with Crippen molar-refractivity contribution in [3.05, 3.63) is 29.8 Å². The molecule has 0 spiro atoms. The van der Waals surface area contributed by atoms with E-state index in [2.05, 4.69) is 10.1 Å². The zero-order valence-electron chi connectivity index (χ0n) is 14.3. The third-order valence-corrected chi connectivity index (χ3v) is 5.81. The molecule has 1 atom stereocenters. The first-order valence-corrected chi connectivity index (χ1v) is 9.29. The van der Waals surface area contributed by atoms with Gasteiger partial charge in [0.2, 0.25) is 10.0 Å². The molecule has 7 nitrogen and oxygen atoms in total. The van der Waals surface area contributed by atoms with E-state index in [4.69, 9.17) is 5.26 Å². The van der Waals surface area contributed by atoms with Gasteiger partial charge in [-0.2, -0.15) is 35.9 Å². The topological polar surface area (TPSA) is 99.5 Å². The van der Waals surface area contributed by atoms with Crippen LogP contribution in [0.25, 0.3) is 0 Å². The summed E-state index contributed by atoms with van der Waals surface area (Å²) in [6.07, 6.45) is -16.2. The van der Waals surface area contributed by atoms with Gasteiger partial charge in [-0.25, -0.2) is 8.42 Å². The third kappa shape index (κ3) is 5.17. The summed E-state index contributed by atoms with van der Waals surface area (Å²) in [5.74, 6) is -1.99. The fourth-order valence-electron chi connectivity index (χ4n) is 2.53. The van der Waals surface area contributed by atoms with Gasteiger partial charge in [-0.3, -0.25) is 4.79 Å². The molecule has 0 saturated carbocycles. The first-order chi connectivity index (χ1) is 13.3. The molecule has 0 bridgehead atoms. The molecule has 0 amide bonds. The zero-order chi connectivity index (χ0) is 22.0. The van der Waals surface area contributed by atoms with Crippen LogP contribution in [0.5, 0.6) is 0 Å². The lowest BCUT2D eigenvalue weighted by Crippen LogP contribution is -2.59. The molecule has 1 fully saturated rings. The van der Waals surface area contributed by atoms with Crippen molar-refractivity contribution in [1.29, 1.82) is 5.26 Å². The van der Waals surface area contributed by atoms with E-state index in [-0.39, 0.29) is 17.0 Å². The molecule has 1 aliphatic rings. The van der Waals surface area contributed by atoms with Gasteiger partial charge in [0.1, 0.15) is 6.04 Å². The Morgan fingerprint density at radius 2 is 1.72 bits per heavy atom. The van der Waals surface area contributed by atoms with Crippen LogP contribution in [0.1, 0.15) is 5.56 Å². The summed E-state index contributed by atoms with van der Waals surface area (Å²) in [4.78, 5) is 11.7. The van der Waals surface area contributed by atoms with Crippen LogP contribution in [-0.4, -0.2) is 62.8 Å². The number of esters is 1. The lowest BCUT2D eigenvalue weighted by Gasteiger charge is -2.34. The van der Waals surface area contributed by atoms with Crippen molar-refractivity contribution < 1.29 is 44.3 Å². The number of ether oxygens (including phenoxy) is 1. The van der Waals surface area contributed by atoms with E-state index in [9.17, 15) is 39.6 Å². The number of nitriles is 1. The van der Waals surface area contributed by atoms with Gasteiger partial charge in [-0.05, 0) is 24.3 Å². The Hall–Kier alpha value is -2.37. The molecule has 1 unspecified atom stereocenters. The highest BCUT2D eigenvalue weighted by Crippen LogP contribution is 2.36. The number of benzene rings is 1. The number of nitrogens with zero attached hydrogens (tertiary/aromatic N) is 2. The Bertz CT molecular complexity index is 879. The molecule has 160 valence electrons. The standard InChI is InChI=1S/C15H13F6N3O4S/c16-14(17,18)13(15(19,20)21)28-12(25)11-8-23-5-6-24(11)29(26,27)10-3-1-9(7-22)2-4-10/h1-4,11,13,23H,5-6,8H2. The second kappa shape index (κ2) is 8.17. The van der Waals surface area contributed by atoms with Gasteiger partial charge in [0.15, 0.2) is 0 Å². The smallest absolute Gasteiger partial charge is 0.434 e. The largest absolute Gasteiger partial charge is 0.442 e. The maximum absolute atomic E-state index is 12.7. The van der Waals surface area contributed by atoms with E-state index in [1.807, 2.05) is 0 Å². The van der Waals surface area contributed by atoms with E-state index < -0.39 is 53.6 Å². The molecular formula is C15H13F6N3O4S. The van der Waals surface area contributed by atoms with Crippen molar-refractivity contribution in [1.82, 2.24) is 9.62 Å². The van der Waals surface area contributed by atoms with E-state index in [1.54, 1.807) is 6.07 Å². The van der Waals surface area contributed by atoms with Crippen molar-refractivity contribution >= 4 is 16.0 Å². The van der Waals surface area contributed by atoms with E-state index in [0.717, 1.165) is 24.3 Å². The zero-order valence-corrected chi connectivity index (χ0v) is 15.1. The highest BCUT2D eigenvalue weighted by Gasteiger charge is 2.60. The van der Waals surface area contributed by atoms with E-state index in [1.165, 1.54) is 0 Å². The van der Waals surface area contributed by atoms with Gasteiger partial charge in [-0.15, -0.1) is 0 Å². The molecule has 0 radical (unpaired) electrons. The molecule has 1 aromatic rings. The average molecular weight is 445 g/mol. The van der Waals surface area contributed by atoms with Crippen LogP contribution >= 0.6 is 0 Å². The van der Waals surface area contributed by atoms with Crippen LogP contribution in [0.4, 0.5) is 26.3 Å². The Morgan fingerprint density at radius 3 is 2.21 bits per heavy atom. The Balaban J connectivity index is 2.32.